The third kappa shape index (κ3) is 2.39. The molecule has 0 saturated carbocycles. The number of anilines is 1. The molecule has 0 aliphatic rings. The van der Waals surface area contributed by atoms with Crippen LogP contribution in [-0.2, 0) is 6.42 Å². The molecule has 0 aliphatic carbocycles. The molecular weight excluding hydrogens is 274 g/mol. The Bertz CT molecular complexity index is 704. The van der Waals surface area contributed by atoms with Crippen LogP contribution in [0.5, 0.6) is 0 Å². The zero-order valence-corrected chi connectivity index (χ0v) is 11.7. The molecule has 0 bridgehead atoms. The first-order valence-corrected chi connectivity index (χ1v) is 7.06. The van der Waals surface area contributed by atoms with E-state index in [0.717, 1.165) is 29.0 Å². The van der Waals surface area contributed by atoms with Crippen molar-refractivity contribution < 1.29 is 4.52 Å². The van der Waals surface area contributed by atoms with Crippen molar-refractivity contribution in [2.24, 2.45) is 0 Å². The molecule has 0 fully saturated rings. The SMILES string of the molecule is CCCc1nnsc1-c1nc(-c2ccc(N)cc2)no1. The number of hydrogen-bond acceptors (Lipinski definition) is 7. The molecule has 3 aromatic rings. The van der Waals surface area contributed by atoms with Crippen LogP contribution in [-0.4, -0.2) is 19.7 Å². The van der Waals surface area contributed by atoms with Crippen molar-refractivity contribution in [2.45, 2.75) is 19.8 Å². The Morgan fingerprint density at radius 1 is 1.25 bits per heavy atom. The van der Waals surface area contributed by atoms with Crippen molar-refractivity contribution in [3.63, 3.8) is 0 Å². The number of aromatic nitrogens is 4. The summed E-state index contributed by atoms with van der Waals surface area (Å²) in [6.07, 6.45) is 1.85. The van der Waals surface area contributed by atoms with E-state index in [-0.39, 0.29) is 0 Å². The van der Waals surface area contributed by atoms with Crippen molar-refractivity contribution in [3.05, 3.63) is 30.0 Å². The topological polar surface area (TPSA) is 90.7 Å². The zero-order chi connectivity index (χ0) is 13.9. The van der Waals surface area contributed by atoms with Crippen molar-refractivity contribution in [3.8, 4) is 22.2 Å². The predicted molar refractivity (Wildman–Crippen MR) is 77.0 cm³/mol. The van der Waals surface area contributed by atoms with Gasteiger partial charge in [-0.05, 0) is 42.2 Å². The minimum absolute atomic E-state index is 0.468. The highest BCUT2D eigenvalue weighted by atomic mass is 32.1. The van der Waals surface area contributed by atoms with E-state index in [0.29, 0.717) is 17.4 Å². The highest BCUT2D eigenvalue weighted by Crippen LogP contribution is 2.27. The minimum Gasteiger partial charge on any atom is -0.399 e. The standard InChI is InChI=1S/C13H13N5OS/c1-2-3-10-11(20-18-16-10)13-15-12(17-19-13)8-4-6-9(14)7-5-8/h4-7H,2-3,14H2,1H3. The fourth-order valence-electron chi connectivity index (χ4n) is 1.84. The lowest BCUT2D eigenvalue weighted by Crippen LogP contribution is -1.87. The van der Waals surface area contributed by atoms with Gasteiger partial charge in [0.1, 0.15) is 4.88 Å². The molecule has 0 saturated heterocycles. The summed E-state index contributed by atoms with van der Waals surface area (Å²) in [4.78, 5) is 5.26. The van der Waals surface area contributed by atoms with Gasteiger partial charge in [-0.25, -0.2) is 0 Å². The molecule has 102 valence electrons. The highest BCUT2D eigenvalue weighted by Gasteiger charge is 2.17. The van der Waals surface area contributed by atoms with Gasteiger partial charge in [-0.2, -0.15) is 4.98 Å². The van der Waals surface area contributed by atoms with Crippen LogP contribution in [0.25, 0.3) is 22.2 Å². The minimum atomic E-state index is 0.468. The Balaban J connectivity index is 1.93. The number of benzene rings is 1. The van der Waals surface area contributed by atoms with Crippen molar-refractivity contribution in [1.82, 2.24) is 19.7 Å². The van der Waals surface area contributed by atoms with Gasteiger partial charge in [0, 0.05) is 11.3 Å². The summed E-state index contributed by atoms with van der Waals surface area (Å²) >= 11 is 1.28. The van der Waals surface area contributed by atoms with E-state index in [4.69, 9.17) is 10.3 Å². The fourth-order valence-corrected chi connectivity index (χ4v) is 2.47. The first kappa shape index (κ1) is 12.7. The molecule has 2 aromatic heterocycles. The molecule has 7 heteroatoms. The zero-order valence-electron chi connectivity index (χ0n) is 10.9. The number of nitrogens with two attached hydrogens (primary N) is 1. The van der Waals surface area contributed by atoms with E-state index in [9.17, 15) is 0 Å². The number of aryl methyl sites for hydroxylation is 1. The molecule has 0 unspecified atom stereocenters. The summed E-state index contributed by atoms with van der Waals surface area (Å²) in [7, 11) is 0. The third-order valence-electron chi connectivity index (χ3n) is 2.83. The Morgan fingerprint density at radius 2 is 2.05 bits per heavy atom. The first-order valence-electron chi connectivity index (χ1n) is 6.29. The molecule has 2 heterocycles. The second kappa shape index (κ2) is 5.38. The quantitative estimate of drug-likeness (QED) is 0.742. The van der Waals surface area contributed by atoms with Crippen LogP contribution in [0.15, 0.2) is 28.8 Å². The molecule has 2 N–H and O–H groups in total. The van der Waals surface area contributed by atoms with Gasteiger partial charge in [0.25, 0.3) is 5.89 Å². The van der Waals surface area contributed by atoms with Crippen molar-refractivity contribution in [1.29, 1.82) is 0 Å². The van der Waals surface area contributed by atoms with E-state index in [2.05, 4.69) is 26.7 Å². The number of nitrogens with zero attached hydrogens (tertiary/aromatic N) is 4. The van der Waals surface area contributed by atoms with Crippen LogP contribution in [0.4, 0.5) is 5.69 Å². The molecule has 1 aromatic carbocycles. The third-order valence-corrected chi connectivity index (χ3v) is 3.59. The summed E-state index contributed by atoms with van der Waals surface area (Å²) in [6.45, 7) is 2.09. The Labute approximate surface area is 119 Å². The lowest BCUT2D eigenvalue weighted by Gasteiger charge is -1.94. The molecule has 0 amide bonds. The average molecular weight is 287 g/mol. The van der Waals surface area contributed by atoms with Crippen molar-refractivity contribution in [2.75, 3.05) is 5.73 Å². The van der Waals surface area contributed by atoms with E-state index in [1.807, 2.05) is 24.3 Å². The second-order valence-corrected chi connectivity index (χ2v) is 5.10. The maximum Gasteiger partial charge on any atom is 0.271 e. The van der Waals surface area contributed by atoms with E-state index < -0.39 is 0 Å². The average Bonchev–Trinajstić information content (AvgIpc) is 3.08. The molecule has 0 radical (unpaired) electrons. The van der Waals surface area contributed by atoms with Gasteiger partial charge in [0.15, 0.2) is 0 Å². The van der Waals surface area contributed by atoms with Crippen LogP contribution in [0.2, 0.25) is 0 Å². The predicted octanol–water partition coefficient (Wildman–Crippen LogP) is 2.79. The van der Waals surface area contributed by atoms with Crippen molar-refractivity contribution >= 4 is 17.2 Å². The summed E-state index contributed by atoms with van der Waals surface area (Å²) in [5.74, 6) is 1.01. The van der Waals surface area contributed by atoms with Crippen LogP contribution < -0.4 is 5.73 Å². The van der Waals surface area contributed by atoms with E-state index >= 15 is 0 Å². The van der Waals surface area contributed by atoms with Crippen LogP contribution in [0.1, 0.15) is 19.0 Å². The first-order chi connectivity index (χ1) is 9.78. The summed E-state index contributed by atoms with van der Waals surface area (Å²) < 4.78 is 9.28. The smallest absolute Gasteiger partial charge is 0.271 e. The Morgan fingerprint density at radius 3 is 2.80 bits per heavy atom. The molecule has 6 nitrogen and oxygen atoms in total. The molecule has 20 heavy (non-hydrogen) atoms. The Kier molecular flexibility index (Phi) is 3.42. The molecule has 0 aliphatic heterocycles. The lowest BCUT2D eigenvalue weighted by atomic mass is 10.2. The molecule has 0 atom stereocenters. The van der Waals surface area contributed by atoms with Gasteiger partial charge in [-0.1, -0.05) is 23.0 Å². The summed E-state index contributed by atoms with van der Waals surface area (Å²) in [5, 5.41) is 8.10. The second-order valence-electron chi connectivity index (χ2n) is 4.34. The van der Waals surface area contributed by atoms with Gasteiger partial charge in [0.2, 0.25) is 5.82 Å². The van der Waals surface area contributed by atoms with Crippen LogP contribution in [0.3, 0.4) is 0 Å². The van der Waals surface area contributed by atoms with E-state index in [1.165, 1.54) is 11.5 Å². The van der Waals surface area contributed by atoms with Gasteiger partial charge in [-0.3, -0.25) is 0 Å². The number of nitrogen functional groups attached to an aromatic ring is 1. The summed E-state index contributed by atoms with van der Waals surface area (Å²) in [6, 6.07) is 7.34. The summed E-state index contributed by atoms with van der Waals surface area (Å²) in [5.41, 5.74) is 8.14. The number of hydrogen-bond donors (Lipinski definition) is 1. The molecule has 0 spiro atoms. The maximum absolute atomic E-state index is 5.66. The monoisotopic (exact) mass is 287 g/mol. The fraction of sp³-hybridized carbons (Fsp3) is 0.231. The molecule has 3 rings (SSSR count). The normalized spacial score (nSPS) is 10.8. The number of rotatable bonds is 4. The highest BCUT2D eigenvalue weighted by molar-refractivity contribution is 7.09. The van der Waals surface area contributed by atoms with Gasteiger partial charge in [-0.15, -0.1) is 5.10 Å². The Hall–Kier alpha value is -2.28. The largest absolute Gasteiger partial charge is 0.399 e. The maximum atomic E-state index is 5.66. The van der Waals surface area contributed by atoms with Gasteiger partial charge in [0.05, 0.1) is 5.69 Å². The van der Waals surface area contributed by atoms with Crippen LogP contribution >= 0.6 is 11.5 Å². The van der Waals surface area contributed by atoms with Gasteiger partial charge < -0.3 is 10.3 Å². The van der Waals surface area contributed by atoms with Crippen LogP contribution in [0, 0.1) is 0 Å². The van der Waals surface area contributed by atoms with E-state index in [1.54, 1.807) is 0 Å². The lowest BCUT2D eigenvalue weighted by molar-refractivity contribution is 0.432. The molecular formula is C13H13N5OS. The van der Waals surface area contributed by atoms with Gasteiger partial charge >= 0.3 is 0 Å².